The van der Waals surface area contributed by atoms with Crippen molar-refractivity contribution in [1.29, 1.82) is 0 Å². The van der Waals surface area contributed by atoms with E-state index in [2.05, 4.69) is 9.71 Å². The molecule has 2 N–H and O–H groups in total. The SMILES string of the molecule is Cc1cnccc1NS(=O)(=O)N1CCCCC1C(=O)O. The molecule has 0 amide bonds. The quantitative estimate of drug-likeness (QED) is 0.863. The molecule has 1 aliphatic rings. The zero-order chi connectivity index (χ0) is 14.8. The van der Waals surface area contributed by atoms with Gasteiger partial charge in [0.2, 0.25) is 0 Å². The molecule has 0 spiro atoms. The number of nitrogens with one attached hydrogen (secondary N) is 1. The molecule has 0 radical (unpaired) electrons. The second-order valence-corrected chi connectivity index (χ2v) is 6.38. The summed E-state index contributed by atoms with van der Waals surface area (Å²) in [6.07, 6.45) is 4.75. The van der Waals surface area contributed by atoms with Crippen molar-refractivity contribution in [2.24, 2.45) is 0 Å². The maximum atomic E-state index is 12.4. The lowest BCUT2D eigenvalue weighted by molar-refractivity contribution is -0.142. The molecule has 1 fully saturated rings. The Morgan fingerprint density at radius 1 is 1.50 bits per heavy atom. The summed E-state index contributed by atoms with van der Waals surface area (Å²) >= 11 is 0. The van der Waals surface area contributed by atoms with Crippen LogP contribution in [0.15, 0.2) is 18.5 Å². The Labute approximate surface area is 117 Å². The van der Waals surface area contributed by atoms with Crippen LogP contribution in [0.2, 0.25) is 0 Å². The normalized spacial score (nSPS) is 20.6. The summed E-state index contributed by atoms with van der Waals surface area (Å²) in [4.78, 5) is 15.1. The van der Waals surface area contributed by atoms with E-state index in [1.165, 1.54) is 6.20 Å². The van der Waals surface area contributed by atoms with Crippen LogP contribution in [0.1, 0.15) is 24.8 Å². The number of pyridine rings is 1. The van der Waals surface area contributed by atoms with Gasteiger partial charge in [-0.05, 0) is 37.8 Å². The first-order valence-corrected chi connectivity index (χ1v) is 7.79. The molecule has 1 aromatic heterocycles. The molecular formula is C12H17N3O4S. The smallest absolute Gasteiger partial charge is 0.322 e. The minimum Gasteiger partial charge on any atom is -0.480 e. The molecule has 2 rings (SSSR count). The van der Waals surface area contributed by atoms with Gasteiger partial charge in [0.25, 0.3) is 0 Å². The number of aliphatic carboxylic acids is 1. The molecule has 7 nitrogen and oxygen atoms in total. The van der Waals surface area contributed by atoms with Crippen molar-refractivity contribution in [1.82, 2.24) is 9.29 Å². The van der Waals surface area contributed by atoms with E-state index in [1.54, 1.807) is 19.2 Å². The van der Waals surface area contributed by atoms with E-state index in [0.29, 0.717) is 24.1 Å². The first-order chi connectivity index (χ1) is 9.42. The predicted molar refractivity (Wildman–Crippen MR) is 73.5 cm³/mol. The first kappa shape index (κ1) is 14.7. The third-order valence-electron chi connectivity index (χ3n) is 3.31. The lowest BCUT2D eigenvalue weighted by atomic mass is 10.1. The summed E-state index contributed by atoms with van der Waals surface area (Å²) in [7, 11) is -3.88. The van der Waals surface area contributed by atoms with Crippen molar-refractivity contribution in [2.75, 3.05) is 11.3 Å². The van der Waals surface area contributed by atoms with Crippen LogP contribution in [-0.2, 0) is 15.0 Å². The topological polar surface area (TPSA) is 99.6 Å². The molecule has 1 saturated heterocycles. The van der Waals surface area contributed by atoms with Gasteiger partial charge in [-0.2, -0.15) is 12.7 Å². The number of hydrogen-bond acceptors (Lipinski definition) is 4. The predicted octanol–water partition coefficient (Wildman–Crippen LogP) is 0.986. The van der Waals surface area contributed by atoms with Crippen molar-refractivity contribution in [2.45, 2.75) is 32.2 Å². The van der Waals surface area contributed by atoms with Gasteiger partial charge in [0.15, 0.2) is 0 Å². The van der Waals surface area contributed by atoms with Crippen molar-refractivity contribution < 1.29 is 18.3 Å². The monoisotopic (exact) mass is 299 g/mol. The van der Waals surface area contributed by atoms with E-state index in [-0.39, 0.29) is 6.54 Å². The average Bonchev–Trinajstić information content (AvgIpc) is 2.41. The highest BCUT2D eigenvalue weighted by Crippen LogP contribution is 2.23. The van der Waals surface area contributed by atoms with Gasteiger partial charge in [0.1, 0.15) is 6.04 Å². The van der Waals surface area contributed by atoms with Crippen LogP contribution < -0.4 is 4.72 Å². The summed E-state index contributed by atoms with van der Waals surface area (Å²) in [5.41, 5.74) is 1.09. The van der Waals surface area contributed by atoms with Crippen LogP contribution >= 0.6 is 0 Å². The fourth-order valence-electron chi connectivity index (χ4n) is 2.22. The fraction of sp³-hybridized carbons (Fsp3) is 0.500. The van der Waals surface area contributed by atoms with Crippen molar-refractivity contribution in [3.63, 3.8) is 0 Å². The number of carboxylic acid groups (broad SMARTS) is 1. The van der Waals surface area contributed by atoms with Gasteiger partial charge in [0.05, 0.1) is 5.69 Å². The highest BCUT2D eigenvalue weighted by molar-refractivity contribution is 7.90. The number of piperidine rings is 1. The zero-order valence-electron chi connectivity index (χ0n) is 11.1. The van der Waals surface area contributed by atoms with E-state index >= 15 is 0 Å². The Balaban J connectivity index is 2.25. The second kappa shape index (κ2) is 5.76. The van der Waals surface area contributed by atoms with Crippen molar-refractivity contribution in [3.8, 4) is 0 Å². The lowest BCUT2D eigenvalue weighted by Gasteiger charge is -2.32. The number of aryl methyl sites for hydroxylation is 1. The molecule has 1 aliphatic heterocycles. The molecule has 0 bridgehead atoms. The molecular weight excluding hydrogens is 282 g/mol. The summed E-state index contributed by atoms with van der Waals surface area (Å²) < 4.78 is 28.2. The largest absolute Gasteiger partial charge is 0.480 e. The maximum absolute atomic E-state index is 12.4. The van der Waals surface area contributed by atoms with E-state index in [1.807, 2.05) is 0 Å². The van der Waals surface area contributed by atoms with Crippen LogP contribution in [0, 0.1) is 6.92 Å². The summed E-state index contributed by atoms with van der Waals surface area (Å²) in [6, 6.07) is 0.551. The number of nitrogens with zero attached hydrogens (tertiary/aromatic N) is 2. The molecule has 2 heterocycles. The molecule has 8 heteroatoms. The van der Waals surface area contributed by atoms with Gasteiger partial charge < -0.3 is 5.11 Å². The third kappa shape index (κ3) is 3.07. The maximum Gasteiger partial charge on any atom is 0.322 e. The minimum atomic E-state index is -3.88. The third-order valence-corrected chi connectivity index (χ3v) is 4.84. The van der Waals surface area contributed by atoms with E-state index in [9.17, 15) is 13.2 Å². The Morgan fingerprint density at radius 3 is 2.90 bits per heavy atom. The molecule has 0 aromatic carbocycles. The Hall–Kier alpha value is -1.67. The molecule has 1 unspecified atom stereocenters. The van der Waals surface area contributed by atoms with Gasteiger partial charge in [-0.1, -0.05) is 0 Å². The van der Waals surface area contributed by atoms with Gasteiger partial charge in [-0.3, -0.25) is 14.5 Å². The lowest BCUT2D eigenvalue weighted by Crippen LogP contribution is -2.50. The molecule has 1 aromatic rings. The van der Waals surface area contributed by atoms with E-state index in [4.69, 9.17) is 5.11 Å². The van der Waals surface area contributed by atoms with Crippen LogP contribution in [0.25, 0.3) is 0 Å². The van der Waals surface area contributed by atoms with Gasteiger partial charge in [-0.25, -0.2) is 0 Å². The number of rotatable bonds is 4. The van der Waals surface area contributed by atoms with E-state index < -0.39 is 22.2 Å². The highest BCUT2D eigenvalue weighted by Gasteiger charge is 2.36. The molecule has 0 aliphatic carbocycles. The minimum absolute atomic E-state index is 0.219. The second-order valence-electron chi connectivity index (χ2n) is 4.76. The van der Waals surface area contributed by atoms with Gasteiger partial charge in [-0.15, -0.1) is 0 Å². The molecule has 0 saturated carbocycles. The van der Waals surface area contributed by atoms with Crippen LogP contribution in [0.5, 0.6) is 0 Å². The van der Waals surface area contributed by atoms with Crippen LogP contribution in [0.4, 0.5) is 5.69 Å². The summed E-state index contributed by atoms with van der Waals surface area (Å²) in [6.45, 7) is 1.95. The van der Waals surface area contributed by atoms with Crippen LogP contribution in [0.3, 0.4) is 0 Å². The number of aromatic nitrogens is 1. The van der Waals surface area contributed by atoms with E-state index in [0.717, 1.165) is 10.7 Å². The Bertz CT molecular complexity index is 602. The average molecular weight is 299 g/mol. The molecule has 110 valence electrons. The molecule has 1 atom stereocenters. The standard InChI is InChI=1S/C12H17N3O4S/c1-9-8-13-6-5-10(9)14-20(18,19)15-7-3-2-4-11(15)12(16)17/h5-6,8,11H,2-4,7H2,1H3,(H,13,14)(H,16,17). The highest BCUT2D eigenvalue weighted by atomic mass is 32.2. The number of carbonyl (C=O) groups is 1. The number of hydrogen-bond donors (Lipinski definition) is 2. The molecule has 20 heavy (non-hydrogen) atoms. The van der Waals surface area contributed by atoms with Gasteiger partial charge in [0, 0.05) is 18.9 Å². The fourth-order valence-corrected chi connectivity index (χ4v) is 3.75. The number of carboxylic acids is 1. The Kier molecular flexibility index (Phi) is 4.24. The Morgan fingerprint density at radius 2 is 2.25 bits per heavy atom. The first-order valence-electron chi connectivity index (χ1n) is 6.35. The summed E-state index contributed by atoms with van der Waals surface area (Å²) in [5.74, 6) is -1.11. The zero-order valence-corrected chi connectivity index (χ0v) is 11.9. The van der Waals surface area contributed by atoms with Crippen LogP contribution in [-0.4, -0.2) is 41.4 Å². The van der Waals surface area contributed by atoms with Gasteiger partial charge >= 0.3 is 16.2 Å². The van der Waals surface area contributed by atoms with Crippen molar-refractivity contribution >= 4 is 21.9 Å². The van der Waals surface area contributed by atoms with Crippen molar-refractivity contribution in [3.05, 3.63) is 24.0 Å². The summed E-state index contributed by atoms with van der Waals surface area (Å²) in [5, 5.41) is 9.15. The number of anilines is 1.